The summed E-state index contributed by atoms with van der Waals surface area (Å²) in [6.45, 7) is 2.51. The van der Waals surface area contributed by atoms with Gasteiger partial charge in [0.05, 0.1) is 25.6 Å². The van der Waals surface area contributed by atoms with E-state index in [1.54, 1.807) is 55.6 Å². The molecule has 0 radical (unpaired) electrons. The lowest BCUT2D eigenvalue weighted by atomic mass is 10.2. The second-order valence-corrected chi connectivity index (χ2v) is 6.12. The maximum atomic E-state index is 12.3. The molecule has 1 fully saturated rings. The number of ether oxygens (including phenoxy) is 2. The topological polar surface area (TPSA) is 76.7 Å². The molecule has 2 aromatic rings. The lowest BCUT2D eigenvalue weighted by molar-refractivity contribution is -0.122. The molecular weight excluding hydrogens is 332 g/mol. The fraction of sp³-hybridized carbons (Fsp3) is 0.300. The van der Waals surface area contributed by atoms with Crippen LogP contribution in [0.2, 0.25) is 0 Å². The zero-order valence-corrected chi connectivity index (χ0v) is 14.8. The molecule has 6 heteroatoms. The van der Waals surface area contributed by atoms with Crippen molar-refractivity contribution in [2.24, 2.45) is 11.8 Å². The summed E-state index contributed by atoms with van der Waals surface area (Å²) in [7, 11) is 1.57. The van der Waals surface area contributed by atoms with Crippen molar-refractivity contribution in [2.75, 3.05) is 24.4 Å². The van der Waals surface area contributed by atoms with Crippen molar-refractivity contribution in [3.05, 3.63) is 48.5 Å². The highest BCUT2D eigenvalue weighted by Gasteiger charge is 2.48. The molecule has 26 heavy (non-hydrogen) atoms. The van der Waals surface area contributed by atoms with Gasteiger partial charge in [-0.2, -0.15) is 0 Å². The van der Waals surface area contributed by atoms with E-state index in [1.165, 1.54) is 0 Å². The van der Waals surface area contributed by atoms with Crippen LogP contribution in [0, 0.1) is 11.8 Å². The van der Waals surface area contributed by atoms with Crippen molar-refractivity contribution in [1.82, 2.24) is 0 Å². The number of amides is 2. The molecule has 0 saturated heterocycles. The van der Waals surface area contributed by atoms with E-state index in [-0.39, 0.29) is 23.7 Å². The zero-order chi connectivity index (χ0) is 18.5. The SMILES string of the molecule is CCOc1ccc(NC(=O)C2CC2C(=O)Nc2cccc(OC)c2)cc1. The molecule has 3 rings (SSSR count). The normalized spacial score (nSPS) is 17.9. The lowest BCUT2D eigenvalue weighted by Gasteiger charge is -2.08. The van der Waals surface area contributed by atoms with Gasteiger partial charge >= 0.3 is 0 Å². The highest BCUT2D eigenvalue weighted by atomic mass is 16.5. The number of rotatable bonds is 7. The van der Waals surface area contributed by atoms with Crippen molar-refractivity contribution in [2.45, 2.75) is 13.3 Å². The number of carbonyl (C=O) groups excluding carboxylic acids is 2. The first-order valence-corrected chi connectivity index (χ1v) is 8.59. The van der Waals surface area contributed by atoms with Crippen molar-refractivity contribution in [3.63, 3.8) is 0 Å². The summed E-state index contributed by atoms with van der Waals surface area (Å²) in [6.07, 6.45) is 0.554. The summed E-state index contributed by atoms with van der Waals surface area (Å²) in [5.41, 5.74) is 1.35. The second-order valence-electron chi connectivity index (χ2n) is 6.12. The molecule has 2 amide bonds. The number of hydrogen-bond acceptors (Lipinski definition) is 4. The van der Waals surface area contributed by atoms with E-state index < -0.39 is 0 Å². The van der Waals surface area contributed by atoms with Gasteiger partial charge < -0.3 is 20.1 Å². The first-order chi connectivity index (χ1) is 12.6. The predicted octanol–water partition coefficient (Wildman–Crippen LogP) is 3.31. The quantitative estimate of drug-likeness (QED) is 0.800. The molecule has 1 aliphatic carbocycles. The number of anilines is 2. The number of nitrogens with one attached hydrogen (secondary N) is 2. The maximum Gasteiger partial charge on any atom is 0.228 e. The number of benzene rings is 2. The molecule has 0 heterocycles. The van der Waals surface area contributed by atoms with Gasteiger partial charge in [0.1, 0.15) is 11.5 Å². The molecule has 0 bridgehead atoms. The minimum Gasteiger partial charge on any atom is -0.497 e. The molecule has 0 aromatic heterocycles. The van der Waals surface area contributed by atoms with Crippen LogP contribution in [0.5, 0.6) is 11.5 Å². The van der Waals surface area contributed by atoms with Crippen LogP contribution in [0.3, 0.4) is 0 Å². The van der Waals surface area contributed by atoms with Crippen LogP contribution in [0.4, 0.5) is 11.4 Å². The lowest BCUT2D eigenvalue weighted by Crippen LogP contribution is -2.20. The van der Waals surface area contributed by atoms with Crippen molar-refractivity contribution >= 4 is 23.2 Å². The van der Waals surface area contributed by atoms with Crippen molar-refractivity contribution < 1.29 is 19.1 Å². The Morgan fingerprint density at radius 3 is 2.23 bits per heavy atom. The summed E-state index contributed by atoms with van der Waals surface area (Å²) in [4.78, 5) is 24.6. The number of methoxy groups -OCH3 is 1. The molecule has 2 atom stereocenters. The number of carbonyl (C=O) groups is 2. The van der Waals surface area contributed by atoms with E-state index in [4.69, 9.17) is 9.47 Å². The van der Waals surface area contributed by atoms with Crippen LogP contribution < -0.4 is 20.1 Å². The van der Waals surface area contributed by atoms with E-state index in [1.807, 2.05) is 6.92 Å². The first-order valence-electron chi connectivity index (χ1n) is 8.59. The molecule has 1 saturated carbocycles. The second kappa shape index (κ2) is 7.91. The fourth-order valence-corrected chi connectivity index (χ4v) is 2.75. The van der Waals surface area contributed by atoms with E-state index in [0.717, 1.165) is 5.75 Å². The molecule has 6 nitrogen and oxygen atoms in total. The Bertz CT molecular complexity index is 789. The monoisotopic (exact) mass is 354 g/mol. The summed E-state index contributed by atoms with van der Waals surface area (Å²) < 4.78 is 10.5. The Morgan fingerprint density at radius 1 is 0.962 bits per heavy atom. The summed E-state index contributed by atoms with van der Waals surface area (Å²) in [5.74, 6) is 0.539. The van der Waals surface area contributed by atoms with Crippen LogP contribution >= 0.6 is 0 Å². The summed E-state index contributed by atoms with van der Waals surface area (Å²) in [5, 5.41) is 5.68. The Morgan fingerprint density at radius 2 is 1.62 bits per heavy atom. The molecular formula is C20H22N2O4. The molecule has 0 spiro atoms. The maximum absolute atomic E-state index is 12.3. The summed E-state index contributed by atoms with van der Waals surface area (Å²) >= 11 is 0. The third-order valence-corrected chi connectivity index (χ3v) is 4.23. The molecule has 0 aliphatic heterocycles. The van der Waals surface area contributed by atoms with Gasteiger partial charge in [-0.15, -0.1) is 0 Å². The third kappa shape index (κ3) is 4.33. The fourth-order valence-electron chi connectivity index (χ4n) is 2.75. The van der Waals surface area contributed by atoms with Crippen molar-refractivity contribution in [1.29, 1.82) is 0 Å². The highest BCUT2D eigenvalue weighted by Crippen LogP contribution is 2.40. The van der Waals surface area contributed by atoms with E-state index in [9.17, 15) is 9.59 Å². The minimum absolute atomic E-state index is 0.139. The minimum atomic E-state index is -0.302. The average molecular weight is 354 g/mol. The van der Waals surface area contributed by atoms with Gasteiger partial charge in [0, 0.05) is 17.4 Å². The highest BCUT2D eigenvalue weighted by molar-refractivity contribution is 6.03. The van der Waals surface area contributed by atoms with Crippen LogP contribution in [0.1, 0.15) is 13.3 Å². The molecule has 136 valence electrons. The zero-order valence-electron chi connectivity index (χ0n) is 14.8. The van der Waals surface area contributed by atoms with E-state index in [2.05, 4.69) is 10.6 Å². The van der Waals surface area contributed by atoms with Crippen LogP contribution in [-0.4, -0.2) is 25.5 Å². The Kier molecular flexibility index (Phi) is 5.41. The van der Waals surface area contributed by atoms with Gasteiger partial charge in [0.15, 0.2) is 0 Å². The van der Waals surface area contributed by atoms with Gasteiger partial charge in [0.2, 0.25) is 11.8 Å². The van der Waals surface area contributed by atoms with Crippen LogP contribution in [0.15, 0.2) is 48.5 Å². The van der Waals surface area contributed by atoms with Gasteiger partial charge in [-0.1, -0.05) is 6.07 Å². The summed E-state index contributed by atoms with van der Waals surface area (Å²) in [6, 6.07) is 14.3. The van der Waals surface area contributed by atoms with E-state index >= 15 is 0 Å². The number of hydrogen-bond donors (Lipinski definition) is 2. The van der Waals surface area contributed by atoms with Crippen LogP contribution in [0.25, 0.3) is 0 Å². The van der Waals surface area contributed by atoms with Gasteiger partial charge in [0.25, 0.3) is 0 Å². The average Bonchev–Trinajstić information content (AvgIpc) is 3.45. The third-order valence-electron chi connectivity index (χ3n) is 4.23. The van der Waals surface area contributed by atoms with Gasteiger partial charge in [-0.05, 0) is 49.7 Å². The van der Waals surface area contributed by atoms with Gasteiger partial charge in [-0.25, -0.2) is 0 Å². The van der Waals surface area contributed by atoms with Gasteiger partial charge in [-0.3, -0.25) is 9.59 Å². The molecule has 2 aromatic carbocycles. The predicted molar refractivity (Wildman–Crippen MR) is 99.5 cm³/mol. The standard InChI is InChI=1S/C20H22N2O4/c1-3-26-15-9-7-13(8-10-15)21-19(23)17-12-18(17)20(24)22-14-5-4-6-16(11-14)25-2/h4-11,17-18H,3,12H2,1-2H3,(H,21,23)(H,22,24). The smallest absolute Gasteiger partial charge is 0.228 e. The molecule has 1 aliphatic rings. The Balaban J connectivity index is 1.52. The largest absolute Gasteiger partial charge is 0.497 e. The Hall–Kier alpha value is -3.02. The first kappa shape index (κ1) is 17.8. The van der Waals surface area contributed by atoms with E-state index in [0.29, 0.717) is 30.2 Å². The molecule has 2 unspecified atom stereocenters. The molecule has 2 N–H and O–H groups in total. The Labute approximate surface area is 152 Å². The van der Waals surface area contributed by atoms with Crippen molar-refractivity contribution in [3.8, 4) is 11.5 Å². The van der Waals surface area contributed by atoms with Crippen LogP contribution in [-0.2, 0) is 9.59 Å².